The first-order valence-electron chi connectivity index (χ1n) is 42.8. The summed E-state index contributed by atoms with van der Waals surface area (Å²) in [6.45, 7) is 8.85. The lowest BCUT2D eigenvalue weighted by molar-refractivity contribution is -0.282. The number of unbranched alkanes of at least 4 members (excludes halogenated alkanes) is 12. The van der Waals surface area contributed by atoms with Gasteiger partial charge in [0.05, 0.1) is 77.8 Å². The second-order valence-electron chi connectivity index (χ2n) is 31.9. The number of nitrogens with zero attached hydrogens (tertiary/aromatic N) is 1. The highest BCUT2D eigenvalue weighted by Crippen LogP contribution is 2.32. The lowest BCUT2D eigenvalue weighted by atomic mass is 9.84. The Morgan fingerprint density at radius 3 is 1.02 bits per heavy atom. The van der Waals surface area contributed by atoms with Gasteiger partial charge in [-0.3, -0.25) is 38.4 Å². The molecule has 0 aromatic rings. The number of aliphatic hydroxyl groups is 10. The van der Waals surface area contributed by atoms with Crippen LogP contribution >= 0.6 is 0 Å². The quantitative estimate of drug-likeness (QED) is 0.0384. The first-order valence-corrected chi connectivity index (χ1v) is 42.8. The van der Waals surface area contributed by atoms with Crippen LogP contribution in [0.4, 0.5) is 0 Å². The molecule has 4 aliphatic rings. The third kappa shape index (κ3) is 41.8. The summed E-state index contributed by atoms with van der Waals surface area (Å²) in [6, 6.07) is 0.287. The number of amides is 7. The monoisotopic (exact) mass is 1650 g/mol. The van der Waals surface area contributed by atoms with Crippen molar-refractivity contribution >= 4 is 47.1 Å². The number of likely N-dealkylation sites (tertiary alicyclic amines) is 1. The average Bonchev–Trinajstić information content (AvgIpc) is 1.67. The molecule has 4 rings (SSSR count). The van der Waals surface area contributed by atoms with Crippen LogP contribution in [-0.4, -0.2) is 315 Å². The van der Waals surface area contributed by atoms with Gasteiger partial charge in [0.25, 0.3) is 0 Å². The Bertz CT molecular complexity index is 2460. The Balaban J connectivity index is 1.28. The maximum atomic E-state index is 14.2. The molecule has 15 unspecified atom stereocenters. The molecule has 4 heterocycles. The van der Waals surface area contributed by atoms with Crippen molar-refractivity contribution in [2.24, 2.45) is 29.1 Å². The molecule has 0 aliphatic carbocycles. The van der Waals surface area contributed by atoms with E-state index in [1.165, 1.54) is 0 Å². The Morgan fingerprint density at radius 2 is 0.678 bits per heavy atom. The molecule has 7 amide bonds. The maximum absolute atomic E-state index is 14.2. The largest absolute Gasteiger partial charge is 0.396 e. The zero-order chi connectivity index (χ0) is 84.2. The molecule has 0 aromatic carbocycles. The van der Waals surface area contributed by atoms with Crippen molar-refractivity contribution in [3.63, 3.8) is 0 Å². The van der Waals surface area contributed by atoms with Crippen molar-refractivity contribution in [1.29, 1.82) is 0 Å². The summed E-state index contributed by atoms with van der Waals surface area (Å²) in [6.07, 6.45) is 5.33. The third-order valence-corrected chi connectivity index (χ3v) is 21.8. The molecule has 0 bridgehead atoms. The molecule has 16 N–H and O–H groups in total. The minimum atomic E-state index is -1.23. The van der Waals surface area contributed by atoms with Gasteiger partial charge in [-0.15, -0.1) is 0 Å². The van der Waals surface area contributed by atoms with Gasteiger partial charge in [0.15, 0.2) is 18.9 Å². The molecule has 17 atom stereocenters. The molecule has 4 saturated heterocycles. The molecule has 115 heavy (non-hydrogen) atoms. The van der Waals surface area contributed by atoms with Crippen molar-refractivity contribution in [3.8, 4) is 0 Å². The molecule has 34 heteroatoms. The fraction of sp³-hybridized carbons (Fsp3) is 0.901. The normalized spacial score (nSPS) is 26.1. The van der Waals surface area contributed by atoms with Gasteiger partial charge in [0.1, 0.15) is 42.4 Å². The van der Waals surface area contributed by atoms with Crippen molar-refractivity contribution in [3.05, 3.63) is 0 Å². The lowest BCUT2D eigenvalue weighted by Crippen LogP contribution is -2.55. The number of aliphatic hydroxyl groups excluding tert-OH is 10. The Hall–Kier alpha value is -4.80. The summed E-state index contributed by atoms with van der Waals surface area (Å²) in [4.78, 5) is 107. The van der Waals surface area contributed by atoms with Crippen LogP contribution in [0.3, 0.4) is 0 Å². The highest BCUT2D eigenvalue weighted by atomic mass is 16.7. The smallest absolute Gasteiger partial charge is 0.222 e. The molecule has 0 radical (unpaired) electrons. The molecular formula is C81H147N7O27. The van der Waals surface area contributed by atoms with Crippen LogP contribution in [-0.2, 0) is 81.0 Å². The van der Waals surface area contributed by atoms with Crippen LogP contribution in [0.1, 0.15) is 227 Å². The van der Waals surface area contributed by atoms with Crippen LogP contribution < -0.4 is 31.9 Å². The van der Waals surface area contributed by atoms with E-state index in [1.807, 2.05) is 0 Å². The second-order valence-corrected chi connectivity index (χ2v) is 31.9. The molecule has 34 nitrogen and oxygen atoms in total. The van der Waals surface area contributed by atoms with E-state index >= 15 is 0 Å². The number of hydrogen-bond acceptors (Lipinski definition) is 27. The molecule has 668 valence electrons. The summed E-state index contributed by atoms with van der Waals surface area (Å²) < 4.78 is 52.6. The van der Waals surface area contributed by atoms with E-state index in [4.69, 9.17) is 42.6 Å². The maximum Gasteiger partial charge on any atom is 0.222 e. The summed E-state index contributed by atoms with van der Waals surface area (Å²) in [5.74, 6) is -2.39. The third-order valence-electron chi connectivity index (χ3n) is 21.8. The first-order chi connectivity index (χ1) is 55.4. The topological polar surface area (TPSA) is 497 Å². The zero-order valence-corrected chi connectivity index (χ0v) is 69.2. The van der Waals surface area contributed by atoms with Crippen LogP contribution in [0.25, 0.3) is 0 Å². The number of rotatable bonds is 66. The SMILES string of the molecule is CC1C(OCCCCC(=O)NCCCNC(=O)CCOCC(COCCC(=O)NCCCNC(=O)CCCCOC2OC(CO)C(O)C(O)C2C)(COCCC(=O)NCCCNC(=O)CCCCOC2OC(CO)C(O)C(O)C2C)CC(=O)CCCCCCCCCCC(=O)N2C[C@H](C)C[C@H]2CCCCCO)OC(CO)C(O)C1O. The Morgan fingerprint density at radius 1 is 0.365 bits per heavy atom. The van der Waals surface area contributed by atoms with Gasteiger partial charge in [-0.1, -0.05) is 79.1 Å². The van der Waals surface area contributed by atoms with Crippen LogP contribution in [0, 0.1) is 29.1 Å². The number of carbonyl (C=O) groups is 8. The Kier molecular flexibility index (Phi) is 54.1. The van der Waals surface area contributed by atoms with E-state index < -0.39 is 117 Å². The lowest BCUT2D eigenvalue weighted by Gasteiger charge is -2.40. The highest BCUT2D eigenvalue weighted by molar-refractivity contribution is 5.80. The predicted octanol–water partition coefficient (Wildman–Crippen LogP) is 1.50. The van der Waals surface area contributed by atoms with Crippen molar-refractivity contribution < 1.29 is 132 Å². The van der Waals surface area contributed by atoms with Gasteiger partial charge in [0.2, 0.25) is 41.4 Å². The number of ketones is 1. The van der Waals surface area contributed by atoms with E-state index in [0.29, 0.717) is 96.2 Å². The van der Waals surface area contributed by atoms with Gasteiger partial charge in [0, 0.05) is 159 Å². The van der Waals surface area contributed by atoms with Crippen LogP contribution in [0.15, 0.2) is 0 Å². The highest BCUT2D eigenvalue weighted by Gasteiger charge is 2.45. The summed E-state index contributed by atoms with van der Waals surface area (Å²) in [7, 11) is 0. The first kappa shape index (κ1) is 103. The zero-order valence-electron chi connectivity index (χ0n) is 69.2. The Labute approximate surface area is 680 Å². The van der Waals surface area contributed by atoms with Gasteiger partial charge in [-0.05, 0) is 95.8 Å². The van der Waals surface area contributed by atoms with Crippen LogP contribution in [0.5, 0.6) is 0 Å². The van der Waals surface area contributed by atoms with E-state index in [1.54, 1.807) is 20.8 Å². The van der Waals surface area contributed by atoms with Gasteiger partial charge in [-0.25, -0.2) is 0 Å². The van der Waals surface area contributed by atoms with Crippen LogP contribution in [0.2, 0.25) is 0 Å². The van der Waals surface area contributed by atoms with Crippen molar-refractivity contribution in [2.75, 3.05) is 132 Å². The van der Waals surface area contributed by atoms with Gasteiger partial charge < -0.3 is 130 Å². The fourth-order valence-corrected chi connectivity index (χ4v) is 14.5. The summed E-state index contributed by atoms with van der Waals surface area (Å²) in [5, 5.41) is 116. The van der Waals surface area contributed by atoms with Crippen molar-refractivity contribution in [2.45, 2.75) is 307 Å². The molecular weight excluding hydrogens is 1500 g/mol. The van der Waals surface area contributed by atoms with E-state index in [0.717, 1.165) is 83.6 Å². The summed E-state index contributed by atoms with van der Waals surface area (Å²) in [5.41, 5.74) is -1.13. The summed E-state index contributed by atoms with van der Waals surface area (Å²) >= 11 is 0. The van der Waals surface area contributed by atoms with Gasteiger partial charge in [-0.2, -0.15) is 0 Å². The predicted molar refractivity (Wildman–Crippen MR) is 421 cm³/mol. The number of ether oxygens (including phenoxy) is 9. The number of carbonyl (C=O) groups excluding carboxylic acids is 8. The second kappa shape index (κ2) is 60.6. The molecule has 0 aromatic heterocycles. The number of Topliss-reactive ketones (excluding diaryl/α,β-unsaturated/α-hetero) is 1. The average molecular weight is 1650 g/mol. The van der Waals surface area contributed by atoms with E-state index in [9.17, 15) is 89.4 Å². The molecule has 0 spiro atoms. The number of nitrogens with one attached hydrogen (secondary N) is 6. The standard InChI is InChI=1S/C81H147N7O27/c1-56-47-60(25-12-11-18-40-89)88(49-56)71(100)30-14-10-8-6-5-7-9-13-26-61(93)48-81(53-107-44-31-68(97)85-37-22-34-82-65(94)27-15-19-41-110-78-57(2)72(101)75(104)62(50-90)113-78,54-108-45-32-69(98)86-38-23-35-83-66(95)28-16-20-42-111-79-58(3)73(102)76(105)63(51-91)114-79)55-109-46-33-70(99)87-39-24-36-84-67(96)29-17-21-43-112-80-59(4)74(103)77(106)64(52-92)115-80/h56-60,62-64,72-80,89-92,101-106H,5-55H2,1-4H3,(H,82,94)(H,83,95)(H,84,96)(H,85,97)(H,86,98)(H,87,99)/t56-,57?,58?,59?,60-,62?,63?,64?,72?,73?,74?,75?,76?,77?,78?,79?,80?,81?/m1/s1. The number of hydrogen-bond donors (Lipinski definition) is 16. The molecule has 4 fully saturated rings. The minimum Gasteiger partial charge on any atom is -0.396 e. The van der Waals surface area contributed by atoms with E-state index in [-0.39, 0.29) is 190 Å². The van der Waals surface area contributed by atoms with Gasteiger partial charge >= 0.3 is 0 Å². The fourth-order valence-electron chi connectivity index (χ4n) is 14.5. The molecule has 0 saturated carbocycles. The molecule has 4 aliphatic heterocycles. The minimum absolute atomic E-state index is 0.0400. The van der Waals surface area contributed by atoms with Crippen molar-refractivity contribution in [1.82, 2.24) is 36.8 Å². The van der Waals surface area contributed by atoms with E-state index in [2.05, 4.69) is 43.7 Å².